The van der Waals surface area contributed by atoms with E-state index in [4.69, 9.17) is 0 Å². The lowest BCUT2D eigenvalue weighted by molar-refractivity contribution is -0.120. The summed E-state index contributed by atoms with van der Waals surface area (Å²) in [5, 5.41) is 5.90. The molecule has 0 saturated heterocycles. The highest BCUT2D eigenvalue weighted by Gasteiger charge is 2.29. The zero-order valence-electron chi connectivity index (χ0n) is 11.2. The Morgan fingerprint density at radius 1 is 1.33 bits per heavy atom. The number of rotatable bonds is 2. The van der Waals surface area contributed by atoms with E-state index in [2.05, 4.69) is 21.7 Å². The van der Waals surface area contributed by atoms with Crippen LogP contribution in [0, 0.1) is 13.8 Å². The third-order valence-corrected chi connectivity index (χ3v) is 2.89. The van der Waals surface area contributed by atoms with Crippen LogP contribution in [-0.4, -0.2) is 17.9 Å². The molecule has 4 heteroatoms. The fraction of sp³-hybridized carbons (Fsp3) is 0.429. The lowest BCUT2D eigenvalue weighted by Gasteiger charge is -2.09. The van der Waals surface area contributed by atoms with Gasteiger partial charge in [0.15, 0.2) is 12.0 Å². The SMILES string of the molecule is Cc1ccc(C2N=C(NC(C)C)NC2=O)c(C)c1. The molecule has 0 radical (unpaired) electrons. The number of nitrogens with zero attached hydrogens (tertiary/aromatic N) is 1. The molecular formula is C14H19N3O. The second-order valence-electron chi connectivity index (χ2n) is 5.03. The van der Waals surface area contributed by atoms with Crippen molar-refractivity contribution < 1.29 is 4.79 Å². The molecule has 96 valence electrons. The van der Waals surface area contributed by atoms with Crippen molar-refractivity contribution in [3.8, 4) is 0 Å². The van der Waals surface area contributed by atoms with Crippen LogP contribution in [0.5, 0.6) is 0 Å². The van der Waals surface area contributed by atoms with Crippen LogP contribution in [0.15, 0.2) is 23.2 Å². The summed E-state index contributed by atoms with van der Waals surface area (Å²) in [5.41, 5.74) is 3.27. The van der Waals surface area contributed by atoms with Gasteiger partial charge in [0.05, 0.1) is 0 Å². The smallest absolute Gasteiger partial charge is 0.256 e. The van der Waals surface area contributed by atoms with Crippen LogP contribution in [-0.2, 0) is 4.79 Å². The average molecular weight is 245 g/mol. The van der Waals surface area contributed by atoms with Crippen molar-refractivity contribution in [2.45, 2.75) is 39.8 Å². The molecular weight excluding hydrogens is 226 g/mol. The summed E-state index contributed by atoms with van der Waals surface area (Å²) in [6, 6.07) is 5.90. The van der Waals surface area contributed by atoms with E-state index >= 15 is 0 Å². The molecule has 4 nitrogen and oxygen atoms in total. The number of hydrogen-bond acceptors (Lipinski definition) is 3. The van der Waals surface area contributed by atoms with E-state index in [0.29, 0.717) is 5.96 Å². The average Bonchev–Trinajstić information content (AvgIpc) is 2.58. The first kappa shape index (κ1) is 12.6. The number of aliphatic imine (C=N–C) groups is 1. The van der Waals surface area contributed by atoms with Gasteiger partial charge in [0, 0.05) is 6.04 Å². The molecule has 1 aliphatic rings. The molecule has 1 heterocycles. The van der Waals surface area contributed by atoms with Crippen LogP contribution in [0.3, 0.4) is 0 Å². The highest BCUT2D eigenvalue weighted by Crippen LogP contribution is 2.24. The highest BCUT2D eigenvalue weighted by molar-refractivity contribution is 6.05. The number of hydrogen-bond donors (Lipinski definition) is 2. The number of amides is 1. The van der Waals surface area contributed by atoms with Crippen LogP contribution in [0.4, 0.5) is 0 Å². The summed E-state index contributed by atoms with van der Waals surface area (Å²) in [6.45, 7) is 8.08. The Labute approximate surface area is 108 Å². The van der Waals surface area contributed by atoms with Crippen molar-refractivity contribution in [3.63, 3.8) is 0 Å². The number of nitrogens with one attached hydrogen (secondary N) is 2. The molecule has 0 saturated carbocycles. The van der Waals surface area contributed by atoms with E-state index in [-0.39, 0.29) is 11.9 Å². The maximum Gasteiger partial charge on any atom is 0.256 e. The fourth-order valence-electron chi connectivity index (χ4n) is 2.10. The molecule has 0 aliphatic carbocycles. The van der Waals surface area contributed by atoms with Gasteiger partial charge in [-0.15, -0.1) is 0 Å². The Morgan fingerprint density at radius 3 is 2.67 bits per heavy atom. The lowest BCUT2D eigenvalue weighted by atomic mass is 9.99. The molecule has 1 amide bonds. The summed E-state index contributed by atoms with van der Waals surface area (Å²) in [7, 11) is 0. The minimum Gasteiger partial charge on any atom is -0.354 e. The maximum absolute atomic E-state index is 11.9. The summed E-state index contributed by atoms with van der Waals surface area (Å²) in [4.78, 5) is 16.4. The van der Waals surface area contributed by atoms with Crippen LogP contribution in [0.2, 0.25) is 0 Å². The van der Waals surface area contributed by atoms with Crippen molar-refractivity contribution in [3.05, 3.63) is 34.9 Å². The second-order valence-corrected chi connectivity index (χ2v) is 5.03. The number of guanidine groups is 1. The van der Waals surface area contributed by atoms with E-state index < -0.39 is 6.04 Å². The molecule has 1 aliphatic heterocycles. The number of carbonyl (C=O) groups is 1. The normalized spacial score (nSPS) is 18.8. The van der Waals surface area contributed by atoms with Gasteiger partial charge in [-0.25, -0.2) is 4.99 Å². The fourth-order valence-corrected chi connectivity index (χ4v) is 2.10. The van der Waals surface area contributed by atoms with Gasteiger partial charge in [-0.3, -0.25) is 10.1 Å². The molecule has 1 atom stereocenters. The molecule has 2 rings (SSSR count). The summed E-state index contributed by atoms with van der Waals surface area (Å²) >= 11 is 0. The van der Waals surface area contributed by atoms with E-state index in [1.165, 1.54) is 5.56 Å². The first-order valence-corrected chi connectivity index (χ1v) is 6.19. The lowest BCUT2D eigenvalue weighted by Crippen LogP contribution is -2.40. The maximum atomic E-state index is 11.9. The first-order chi connectivity index (χ1) is 8.47. The summed E-state index contributed by atoms with van der Waals surface area (Å²) < 4.78 is 0. The zero-order valence-corrected chi connectivity index (χ0v) is 11.2. The molecule has 1 unspecified atom stereocenters. The van der Waals surface area contributed by atoms with E-state index in [1.54, 1.807) is 0 Å². The van der Waals surface area contributed by atoms with Gasteiger partial charge in [-0.2, -0.15) is 0 Å². The standard InChI is InChI=1S/C14H19N3O/c1-8(2)15-14-16-12(13(18)17-14)11-6-5-9(3)7-10(11)4/h5-8,12H,1-4H3,(H2,15,16,17,18). The van der Waals surface area contributed by atoms with E-state index in [9.17, 15) is 4.79 Å². The van der Waals surface area contributed by atoms with E-state index in [1.807, 2.05) is 39.8 Å². The predicted molar refractivity (Wildman–Crippen MR) is 72.5 cm³/mol. The molecule has 0 fully saturated rings. The van der Waals surface area contributed by atoms with Crippen molar-refractivity contribution in [1.29, 1.82) is 0 Å². The minimum absolute atomic E-state index is 0.0647. The van der Waals surface area contributed by atoms with Gasteiger partial charge in [-0.05, 0) is 38.8 Å². The monoisotopic (exact) mass is 245 g/mol. The Bertz CT molecular complexity index is 506. The molecule has 0 aromatic heterocycles. The van der Waals surface area contributed by atoms with Gasteiger partial charge in [-0.1, -0.05) is 23.8 Å². The van der Waals surface area contributed by atoms with Gasteiger partial charge >= 0.3 is 0 Å². The molecule has 0 bridgehead atoms. The van der Waals surface area contributed by atoms with Crippen LogP contribution in [0.25, 0.3) is 0 Å². The summed E-state index contributed by atoms with van der Waals surface area (Å²) in [6.07, 6.45) is 0. The molecule has 0 spiro atoms. The Hall–Kier alpha value is -1.84. The Morgan fingerprint density at radius 2 is 2.06 bits per heavy atom. The van der Waals surface area contributed by atoms with E-state index in [0.717, 1.165) is 11.1 Å². The van der Waals surface area contributed by atoms with Crippen LogP contribution < -0.4 is 10.6 Å². The zero-order chi connectivity index (χ0) is 13.3. The molecule has 1 aromatic carbocycles. The van der Waals surface area contributed by atoms with Crippen molar-refractivity contribution >= 4 is 11.9 Å². The third kappa shape index (κ3) is 2.53. The van der Waals surface area contributed by atoms with Crippen molar-refractivity contribution in [2.24, 2.45) is 4.99 Å². The first-order valence-electron chi connectivity index (χ1n) is 6.19. The van der Waals surface area contributed by atoms with Gasteiger partial charge < -0.3 is 5.32 Å². The number of aryl methyl sites for hydroxylation is 2. The Kier molecular flexibility index (Phi) is 3.36. The van der Waals surface area contributed by atoms with Crippen LogP contribution in [0.1, 0.15) is 36.6 Å². The van der Waals surface area contributed by atoms with Gasteiger partial charge in [0.25, 0.3) is 5.91 Å². The van der Waals surface area contributed by atoms with Crippen LogP contribution >= 0.6 is 0 Å². The van der Waals surface area contributed by atoms with Gasteiger partial charge in [0.1, 0.15) is 0 Å². The Balaban J connectivity index is 2.27. The number of carbonyl (C=O) groups excluding carboxylic acids is 1. The van der Waals surface area contributed by atoms with Crippen molar-refractivity contribution in [1.82, 2.24) is 10.6 Å². The van der Waals surface area contributed by atoms with Crippen molar-refractivity contribution in [2.75, 3.05) is 0 Å². The largest absolute Gasteiger partial charge is 0.354 e. The summed E-state index contributed by atoms with van der Waals surface area (Å²) in [5.74, 6) is 0.505. The third-order valence-electron chi connectivity index (χ3n) is 2.89. The molecule has 2 N–H and O–H groups in total. The predicted octanol–water partition coefficient (Wildman–Crippen LogP) is 1.83. The van der Waals surface area contributed by atoms with Gasteiger partial charge in [0.2, 0.25) is 0 Å². The minimum atomic E-state index is -0.424. The second kappa shape index (κ2) is 4.80. The highest BCUT2D eigenvalue weighted by atomic mass is 16.2. The number of benzene rings is 1. The molecule has 18 heavy (non-hydrogen) atoms. The molecule has 1 aromatic rings. The quantitative estimate of drug-likeness (QED) is 0.835. The topological polar surface area (TPSA) is 53.5 Å².